The molecule has 0 saturated carbocycles. The molecule has 4 rings (SSSR count). The summed E-state index contributed by atoms with van der Waals surface area (Å²) in [6, 6.07) is 5.83. The van der Waals surface area contributed by atoms with Crippen LogP contribution in [0.4, 0.5) is 21.8 Å². The Kier molecular flexibility index (Phi) is 6.58. The Hall–Kier alpha value is -3.16. The van der Waals surface area contributed by atoms with Crippen molar-refractivity contribution < 1.29 is 9.13 Å². The molecular weight excluding hydrogens is 407 g/mol. The fraction of sp³-hybridized carbons (Fsp3) is 0.458. The Morgan fingerprint density at radius 3 is 2.81 bits per heavy atom. The van der Waals surface area contributed by atoms with E-state index in [2.05, 4.69) is 46.2 Å². The van der Waals surface area contributed by atoms with Gasteiger partial charge in [-0.2, -0.15) is 4.98 Å². The quantitative estimate of drug-likeness (QED) is 0.558. The van der Waals surface area contributed by atoms with E-state index in [0.29, 0.717) is 37.3 Å². The van der Waals surface area contributed by atoms with Gasteiger partial charge in [0.1, 0.15) is 17.7 Å². The lowest BCUT2D eigenvalue weighted by Gasteiger charge is -2.35. The summed E-state index contributed by atoms with van der Waals surface area (Å²) >= 11 is 0. The van der Waals surface area contributed by atoms with E-state index in [-0.39, 0.29) is 12.6 Å². The summed E-state index contributed by atoms with van der Waals surface area (Å²) in [7, 11) is 0. The minimum absolute atomic E-state index is 0.198. The third-order valence-corrected chi connectivity index (χ3v) is 5.88. The predicted molar refractivity (Wildman–Crippen MR) is 125 cm³/mol. The molecule has 3 aromatic rings. The van der Waals surface area contributed by atoms with E-state index in [0.717, 1.165) is 22.6 Å². The van der Waals surface area contributed by atoms with Crippen molar-refractivity contribution in [1.82, 2.24) is 19.5 Å². The van der Waals surface area contributed by atoms with E-state index in [4.69, 9.17) is 4.74 Å². The van der Waals surface area contributed by atoms with Gasteiger partial charge in [-0.25, -0.2) is 14.4 Å². The third-order valence-electron chi connectivity index (χ3n) is 5.88. The number of piperidine rings is 1. The van der Waals surface area contributed by atoms with E-state index < -0.39 is 6.17 Å². The summed E-state index contributed by atoms with van der Waals surface area (Å²) < 4.78 is 22.6. The van der Waals surface area contributed by atoms with Gasteiger partial charge < -0.3 is 19.5 Å². The molecule has 0 amide bonds. The summed E-state index contributed by atoms with van der Waals surface area (Å²) in [6.45, 7) is 9.92. The second-order valence-corrected chi connectivity index (χ2v) is 8.49. The highest BCUT2D eigenvalue weighted by molar-refractivity contribution is 5.64. The number of aromatic nitrogens is 4. The maximum atomic E-state index is 14.9. The van der Waals surface area contributed by atoms with Gasteiger partial charge in [-0.15, -0.1) is 0 Å². The third kappa shape index (κ3) is 4.69. The van der Waals surface area contributed by atoms with Gasteiger partial charge in [0.2, 0.25) is 5.95 Å². The number of anilines is 3. The van der Waals surface area contributed by atoms with Crippen molar-refractivity contribution in [2.75, 3.05) is 29.9 Å². The molecule has 0 radical (unpaired) electrons. The number of nitrogens with one attached hydrogen (secondary N) is 1. The molecule has 8 heteroatoms. The molecule has 1 fully saturated rings. The maximum Gasteiger partial charge on any atom is 0.227 e. The second kappa shape index (κ2) is 9.54. The minimum atomic E-state index is -1.01. The van der Waals surface area contributed by atoms with Crippen LogP contribution in [0.25, 0.3) is 0 Å². The lowest BCUT2D eigenvalue weighted by Crippen LogP contribution is -2.43. The van der Waals surface area contributed by atoms with Crippen LogP contribution in [-0.4, -0.2) is 45.4 Å². The molecule has 1 aliphatic rings. The van der Waals surface area contributed by atoms with Crippen LogP contribution in [0.1, 0.15) is 50.3 Å². The zero-order valence-electron chi connectivity index (χ0n) is 19.1. The van der Waals surface area contributed by atoms with Crippen molar-refractivity contribution in [3.05, 3.63) is 54.2 Å². The van der Waals surface area contributed by atoms with E-state index in [9.17, 15) is 4.39 Å². The first-order valence-corrected chi connectivity index (χ1v) is 11.2. The first-order chi connectivity index (χ1) is 15.5. The van der Waals surface area contributed by atoms with E-state index in [1.54, 1.807) is 18.7 Å². The molecule has 1 aromatic carbocycles. The Labute approximate surface area is 188 Å². The summed E-state index contributed by atoms with van der Waals surface area (Å²) in [5, 5.41) is 3.42. The number of benzene rings is 1. The number of imidazole rings is 1. The lowest BCUT2D eigenvalue weighted by atomic mass is 9.99. The molecule has 7 nitrogen and oxygen atoms in total. The first kappa shape index (κ1) is 22.0. The maximum absolute atomic E-state index is 14.9. The zero-order chi connectivity index (χ0) is 22.7. The largest absolute Gasteiger partial charge is 0.494 e. The molecule has 170 valence electrons. The average molecular weight is 439 g/mol. The highest BCUT2D eigenvalue weighted by Gasteiger charge is 2.31. The summed E-state index contributed by atoms with van der Waals surface area (Å²) in [6.07, 6.45) is 6.56. The van der Waals surface area contributed by atoms with Crippen LogP contribution in [0.5, 0.6) is 5.75 Å². The number of alkyl halides is 1. The van der Waals surface area contributed by atoms with Crippen molar-refractivity contribution in [2.45, 2.75) is 52.2 Å². The Morgan fingerprint density at radius 1 is 1.28 bits per heavy atom. The van der Waals surface area contributed by atoms with Crippen LogP contribution >= 0.6 is 0 Å². The van der Waals surface area contributed by atoms with Gasteiger partial charge in [0.15, 0.2) is 0 Å². The lowest BCUT2D eigenvalue weighted by molar-refractivity contribution is 0.199. The van der Waals surface area contributed by atoms with Crippen LogP contribution in [0, 0.1) is 6.92 Å². The zero-order valence-corrected chi connectivity index (χ0v) is 19.1. The minimum Gasteiger partial charge on any atom is -0.494 e. The van der Waals surface area contributed by atoms with Crippen LogP contribution in [0.15, 0.2) is 43.1 Å². The monoisotopic (exact) mass is 438 g/mol. The topological polar surface area (TPSA) is 68.1 Å². The molecule has 1 saturated heterocycles. The SMILES string of the molecule is CCOc1cc(C)c(Nc2ccnc(N3CCC(n4ccnc4)C(F)C3)n2)cc1C(C)C. The van der Waals surface area contributed by atoms with Crippen LogP contribution in [0.3, 0.4) is 0 Å². The van der Waals surface area contributed by atoms with Crippen molar-refractivity contribution in [2.24, 2.45) is 0 Å². The summed E-state index contributed by atoms with van der Waals surface area (Å²) in [5.74, 6) is 2.47. The van der Waals surface area contributed by atoms with Crippen molar-refractivity contribution in [3.63, 3.8) is 0 Å². The molecule has 0 bridgehead atoms. The second-order valence-electron chi connectivity index (χ2n) is 8.49. The number of aryl methyl sites for hydroxylation is 1. The van der Waals surface area contributed by atoms with Gasteiger partial charge in [-0.3, -0.25) is 0 Å². The highest BCUT2D eigenvalue weighted by Crippen LogP contribution is 2.34. The van der Waals surface area contributed by atoms with Gasteiger partial charge in [-0.1, -0.05) is 13.8 Å². The van der Waals surface area contributed by atoms with Gasteiger partial charge >= 0.3 is 0 Å². The van der Waals surface area contributed by atoms with Gasteiger partial charge in [0, 0.05) is 30.8 Å². The molecule has 2 atom stereocenters. The van der Waals surface area contributed by atoms with E-state index in [1.165, 1.54) is 0 Å². The van der Waals surface area contributed by atoms with Crippen LogP contribution in [0.2, 0.25) is 0 Å². The van der Waals surface area contributed by atoms with Gasteiger partial charge in [0.25, 0.3) is 0 Å². The molecule has 0 aliphatic carbocycles. The van der Waals surface area contributed by atoms with Crippen molar-refractivity contribution in [1.29, 1.82) is 0 Å². The Morgan fingerprint density at radius 2 is 2.12 bits per heavy atom. The number of nitrogens with zero attached hydrogens (tertiary/aromatic N) is 5. The normalized spacial score (nSPS) is 18.8. The van der Waals surface area contributed by atoms with Crippen molar-refractivity contribution in [3.8, 4) is 5.75 Å². The molecule has 3 heterocycles. The highest BCUT2D eigenvalue weighted by atomic mass is 19.1. The molecule has 0 spiro atoms. The fourth-order valence-corrected chi connectivity index (χ4v) is 4.15. The van der Waals surface area contributed by atoms with Crippen LogP contribution < -0.4 is 15.0 Å². The number of halogens is 1. The molecular formula is C24H31FN6O. The fourth-order valence-electron chi connectivity index (χ4n) is 4.15. The van der Waals surface area contributed by atoms with Gasteiger partial charge in [0.05, 0.1) is 25.5 Å². The molecule has 2 unspecified atom stereocenters. The average Bonchev–Trinajstić information content (AvgIpc) is 3.30. The number of hydrogen-bond donors (Lipinski definition) is 1. The Balaban J connectivity index is 1.51. The predicted octanol–water partition coefficient (Wildman–Crippen LogP) is 5.04. The first-order valence-electron chi connectivity index (χ1n) is 11.2. The number of rotatable bonds is 7. The molecule has 1 aliphatic heterocycles. The summed E-state index contributed by atoms with van der Waals surface area (Å²) in [4.78, 5) is 15.0. The number of hydrogen-bond acceptors (Lipinski definition) is 6. The van der Waals surface area contributed by atoms with E-state index >= 15 is 0 Å². The Bertz CT molecular complexity index is 1040. The molecule has 1 N–H and O–H groups in total. The smallest absolute Gasteiger partial charge is 0.227 e. The van der Waals surface area contributed by atoms with E-state index in [1.807, 2.05) is 35.6 Å². The van der Waals surface area contributed by atoms with Crippen LogP contribution in [-0.2, 0) is 0 Å². The standard InChI is InChI=1S/C24H31FN6O/c1-5-32-22-12-17(4)20(13-18(22)16(2)3)28-23-6-8-27-24(29-23)30-10-7-21(19(25)14-30)31-11-9-26-15-31/h6,8-9,11-13,15-16,19,21H,5,7,10,14H2,1-4H3,(H,27,28,29). The number of ether oxygens (including phenoxy) is 1. The molecule has 32 heavy (non-hydrogen) atoms. The molecule has 2 aromatic heterocycles. The summed E-state index contributed by atoms with van der Waals surface area (Å²) in [5.41, 5.74) is 3.20. The van der Waals surface area contributed by atoms with Gasteiger partial charge in [-0.05, 0) is 55.5 Å². The van der Waals surface area contributed by atoms with Crippen molar-refractivity contribution >= 4 is 17.5 Å².